The summed E-state index contributed by atoms with van der Waals surface area (Å²) in [5, 5.41) is -0.864. The maximum atomic E-state index is 15.7. The molecule has 1 amide bonds. The summed E-state index contributed by atoms with van der Waals surface area (Å²) in [5.74, 6) is -5.00. The molecular weight excluding hydrogens is 404 g/mol. The van der Waals surface area contributed by atoms with Gasteiger partial charge in [-0.1, -0.05) is 18.2 Å². The van der Waals surface area contributed by atoms with Gasteiger partial charge in [-0.25, -0.2) is 9.59 Å². The monoisotopic (exact) mass is 427 g/mol. The highest BCUT2D eigenvalue weighted by molar-refractivity contribution is 8.00. The molecule has 29 heavy (non-hydrogen) atoms. The molecule has 1 aromatic carbocycles. The number of esters is 1. The van der Waals surface area contributed by atoms with E-state index in [2.05, 4.69) is 0 Å². The Morgan fingerprint density at radius 1 is 1.21 bits per heavy atom. The smallest absolute Gasteiger partial charge is 0.411 e. The average molecular weight is 427 g/mol. The molecule has 2 bridgehead atoms. The van der Waals surface area contributed by atoms with E-state index >= 15 is 8.78 Å². The second kappa shape index (κ2) is 6.31. The lowest BCUT2D eigenvalue weighted by atomic mass is 9.67. The Kier molecular flexibility index (Phi) is 4.44. The highest BCUT2D eigenvalue weighted by Gasteiger charge is 2.97. The van der Waals surface area contributed by atoms with Crippen LogP contribution in [0, 0.1) is 0 Å². The van der Waals surface area contributed by atoms with Crippen molar-refractivity contribution in [2.75, 3.05) is 13.1 Å². The van der Waals surface area contributed by atoms with Gasteiger partial charge in [-0.3, -0.25) is 0 Å². The van der Waals surface area contributed by atoms with Gasteiger partial charge in [0.25, 0.3) is 0 Å². The lowest BCUT2D eigenvalue weighted by Gasteiger charge is -2.44. The average Bonchev–Trinajstić information content (AvgIpc) is 3.06. The van der Waals surface area contributed by atoms with E-state index in [9.17, 15) is 9.59 Å². The van der Waals surface area contributed by atoms with Crippen LogP contribution < -0.4 is 0 Å². The molecule has 158 valence electrons. The zero-order chi connectivity index (χ0) is 21.2. The zero-order valence-corrected chi connectivity index (χ0v) is 17.4. The number of nitrogens with zero attached hydrogens (tertiary/aromatic N) is 1. The summed E-state index contributed by atoms with van der Waals surface area (Å²) in [6.45, 7) is 6.88. The minimum atomic E-state index is -3.75. The van der Waals surface area contributed by atoms with Crippen molar-refractivity contribution < 1.29 is 32.6 Å². The van der Waals surface area contributed by atoms with Crippen molar-refractivity contribution in [2.24, 2.45) is 0 Å². The predicted molar refractivity (Wildman–Crippen MR) is 101 cm³/mol. The summed E-state index contributed by atoms with van der Waals surface area (Å²) in [5.41, 5.74) is -6.02. The molecule has 0 N–H and O–H groups in total. The molecule has 0 radical (unpaired) electrons. The molecule has 3 saturated heterocycles. The number of benzene rings is 1. The van der Waals surface area contributed by atoms with Crippen molar-refractivity contribution in [1.29, 1.82) is 0 Å². The minimum absolute atomic E-state index is 0.261. The Balaban J connectivity index is 1.76. The maximum absolute atomic E-state index is 15.7. The Hall–Kier alpha value is -1.87. The van der Waals surface area contributed by atoms with Crippen LogP contribution >= 0.6 is 11.8 Å². The first-order valence-corrected chi connectivity index (χ1v) is 10.5. The number of fused-ring (bicyclic) bond motifs is 1. The standard InChI is InChI=1S/C20H23F2NO5S/c1-5-23(6-2)16(25)28-19-15(24)27-17(3)14(29-12-10-8-7-9-11-12)13(20(19,21)22)26-18(17,19)4/h7-11,13-14H,5-6H2,1-4H3/t13-,14+,17-,18+,19+/m1/s1. The number of amides is 1. The van der Waals surface area contributed by atoms with E-state index in [1.54, 1.807) is 45.0 Å². The van der Waals surface area contributed by atoms with Gasteiger partial charge < -0.3 is 19.1 Å². The third kappa shape index (κ3) is 2.26. The molecule has 3 aliphatic heterocycles. The molecule has 3 fully saturated rings. The molecule has 0 saturated carbocycles. The fourth-order valence-corrected chi connectivity index (χ4v) is 6.12. The van der Waals surface area contributed by atoms with E-state index < -0.39 is 46.1 Å². The molecule has 5 atom stereocenters. The number of thioether (sulfide) groups is 1. The number of hydrogen-bond acceptors (Lipinski definition) is 6. The van der Waals surface area contributed by atoms with Gasteiger partial charge >= 0.3 is 23.6 Å². The van der Waals surface area contributed by atoms with E-state index in [0.29, 0.717) is 0 Å². The second-order valence-corrected chi connectivity index (χ2v) is 8.98. The van der Waals surface area contributed by atoms with Gasteiger partial charge in [0.05, 0.1) is 5.25 Å². The van der Waals surface area contributed by atoms with Crippen LogP contribution in [0.3, 0.4) is 0 Å². The Labute approximate surface area is 171 Å². The van der Waals surface area contributed by atoms with Gasteiger partial charge in [-0.05, 0) is 39.8 Å². The van der Waals surface area contributed by atoms with Gasteiger partial charge in [-0.2, -0.15) is 8.78 Å². The summed E-state index contributed by atoms with van der Waals surface area (Å²) >= 11 is 1.18. The van der Waals surface area contributed by atoms with Crippen LogP contribution in [0.15, 0.2) is 35.2 Å². The largest absolute Gasteiger partial charge is 0.452 e. The normalized spacial score (nSPS) is 38.8. The number of hydrogen-bond donors (Lipinski definition) is 0. The number of carbonyl (C=O) groups is 2. The van der Waals surface area contributed by atoms with Crippen LogP contribution in [0.5, 0.6) is 0 Å². The maximum Gasteiger partial charge on any atom is 0.411 e. The fraction of sp³-hybridized carbons (Fsp3) is 0.600. The summed E-state index contributed by atoms with van der Waals surface area (Å²) < 4.78 is 48.0. The summed E-state index contributed by atoms with van der Waals surface area (Å²) in [6.07, 6.45) is -2.63. The van der Waals surface area contributed by atoms with Gasteiger partial charge in [0.2, 0.25) is 0 Å². The first kappa shape index (κ1) is 20.4. The van der Waals surface area contributed by atoms with Crippen LogP contribution in [-0.4, -0.2) is 64.1 Å². The second-order valence-electron chi connectivity index (χ2n) is 7.76. The van der Waals surface area contributed by atoms with Crippen molar-refractivity contribution in [1.82, 2.24) is 4.90 Å². The van der Waals surface area contributed by atoms with E-state index in [-0.39, 0.29) is 13.1 Å². The summed E-state index contributed by atoms with van der Waals surface area (Å²) in [4.78, 5) is 27.4. The number of ether oxygens (including phenoxy) is 3. The lowest BCUT2D eigenvalue weighted by Crippen LogP contribution is -2.72. The molecule has 0 aliphatic carbocycles. The first-order chi connectivity index (χ1) is 13.6. The Bertz CT molecular complexity index is 851. The molecule has 0 spiro atoms. The Morgan fingerprint density at radius 2 is 1.83 bits per heavy atom. The predicted octanol–water partition coefficient (Wildman–Crippen LogP) is 3.49. The van der Waals surface area contributed by atoms with E-state index in [0.717, 1.165) is 4.90 Å². The fourth-order valence-electron chi connectivity index (χ4n) is 4.66. The molecular formula is C20H23F2NO5S. The van der Waals surface area contributed by atoms with Gasteiger partial charge in [0.1, 0.15) is 6.10 Å². The molecule has 6 nitrogen and oxygen atoms in total. The number of carbonyl (C=O) groups excluding carboxylic acids is 2. The van der Waals surface area contributed by atoms with Gasteiger partial charge in [0.15, 0.2) is 11.2 Å². The molecule has 0 unspecified atom stereocenters. The van der Waals surface area contributed by atoms with Crippen molar-refractivity contribution in [3.63, 3.8) is 0 Å². The number of halogens is 2. The van der Waals surface area contributed by atoms with Crippen LogP contribution in [0.25, 0.3) is 0 Å². The quantitative estimate of drug-likeness (QED) is 0.671. The molecule has 1 aromatic rings. The Morgan fingerprint density at radius 3 is 2.41 bits per heavy atom. The van der Waals surface area contributed by atoms with Crippen molar-refractivity contribution >= 4 is 23.8 Å². The van der Waals surface area contributed by atoms with Gasteiger partial charge in [-0.15, -0.1) is 11.8 Å². The molecule has 0 aromatic heterocycles. The van der Waals surface area contributed by atoms with E-state index in [4.69, 9.17) is 14.2 Å². The molecule has 3 aliphatic rings. The number of alkyl halides is 2. The van der Waals surface area contributed by atoms with Crippen molar-refractivity contribution in [3.8, 4) is 0 Å². The topological polar surface area (TPSA) is 65.1 Å². The van der Waals surface area contributed by atoms with Gasteiger partial charge in [0, 0.05) is 18.0 Å². The highest BCUT2D eigenvalue weighted by atomic mass is 32.2. The molecule has 3 heterocycles. The van der Waals surface area contributed by atoms with Crippen molar-refractivity contribution in [2.45, 2.75) is 66.7 Å². The zero-order valence-electron chi connectivity index (χ0n) is 16.6. The highest BCUT2D eigenvalue weighted by Crippen LogP contribution is 2.71. The van der Waals surface area contributed by atoms with Crippen LogP contribution in [0.4, 0.5) is 13.6 Å². The van der Waals surface area contributed by atoms with E-state index in [1.807, 2.05) is 6.07 Å². The third-order valence-corrected chi connectivity index (χ3v) is 7.98. The summed E-state index contributed by atoms with van der Waals surface area (Å²) in [7, 11) is 0. The van der Waals surface area contributed by atoms with Crippen LogP contribution in [0.2, 0.25) is 0 Å². The molecule has 9 heteroatoms. The van der Waals surface area contributed by atoms with Crippen LogP contribution in [-0.2, 0) is 19.0 Å². The molecule has 4 rings (SSSR count). The van der Waals surface area contributed by atoms with E-state index in [1.165, 1.54) is 23.6 Å². The SMILES string of the molecule is CCN(CC)C(=O)O[C@@]12C(=O)O[C@]3(C)[C@@H](Sc4ccccc4)[C@@H](O[C@]13C)C2(F)F. The first-order valence-electron chi connectivity index (χ1n) is 9.57. The minimum Gasteiger partial charge on any atom is -0.452 e. The third-order valence-electron chi connectivity index (χ3n) is 6.49. The lowest BCUT2D eigenvalue weighted by molar-refractivity contribution is -0.198. The summed E-state index contributed by atoms with van der Waals surface area (Å²) in [6, 6.07) is 9.02. The number of rotatable bonds is 5. The van der Waals surface area contributed by atoms with Crippen molar-refractivity contribution in [3.05, 3.63) is 30.3 Å². The van der Waals surface area contributed by atoms with Crippen LogP contribution in [0.1, 0.15) is 27.7 Å².